The summed E-state index contributed by atoms with van der Waals surface area (Å²) in [6.07, 6.45) is 1.25. The zero-order chi connectivity index (χ0) is 24.0. The van der Waals surface area contributed by atoms with Crippen LogP contribution in [-0.4, -0.2) is 68.5 Å². The molecule has 2 aromatic carbocycles. The molecule has 2 aromatic rings. The Morgan fingerprint density at radius 2 is 1.88 bits per heavy atom. The Kier molecular flexibility index (Phi) is 6.03. The molecular weight excluding hydrogens is 454 g/mol. The van der Waals surface area contributed by atoms with Gasteiger partial charge in [-0.3, -0.25) is 9.52 Å². The van der Waals surface area contributed by atoms with E-state index in [9.17, 15) is 13.2 Å². The second-order valence-corrected chi connectivity index (χ2v) is 11.2. The second kappa shape index (κ2) is 8.87. The van der Waals surface area contributed by atoms with Crippen LogP contribution in [-0.2, 0) is 14.9 Å². The summed E-state index contributed by atoms with van der Waals surface area (Å²) in [6.45, 7) is 5.29. The molecule has 3 aliphatic rings. The molecule has 182 valence electrons. The summed E-state index contributed by atoms with van der Waals surface area (Å²) in [5, 5.41) is 0. The molecule has 0 aromatic heterocycles. The van der Waals surface area contributed by atoms with E-state index in [2.05, 4.69) is 4.72 Å². The van der Waals surface area contributed by atoms with E-state index in [4.69, 9.17) is 9.47 Å². The van der Waals surface area contributed by atoms with Crippen LogP contribution in [0, 0.1) is 19.8 Å². The number of methoxy groups -OCH3 is 1. The van der Waals surface area contributed by atoms with Gasteiger partial charge in [0.2, 0.25) is 0 Å². The zero-order valence-electron chi connectivity index (χ0n) is 19.7. The molecule has 3 fully saturated rings. The molecule has 2 unspecified atom stereocenters. The Hall–Kier alpha value is -2.62. The highest BCUT2D eigenvalue weighted by Crippen LogP contribution is 2.45. The maximum atomic E-state index is 13.2. The highest BCUT2D eigenvalue weighted by molar-refractivity contribution is 7.90. The lowest BCUT2D eigenvalue weighted by molar-refractivity contribution is 0.0340. The number of aryl methyl sites for hydroxylation is 2. The van der Waals surface area contributed by atoms with Crippen molar-refractivity contribution in [2.75, 3.05) is 31.5 Å². The van der Waals surface area contributed by atoms with Crippen LogP contribution < -0.4 is 9.46 Å². The number of benzene rings is 2. The van der Waals surface area contributed by atoms with Gasteiger partial charge in [-0.2, -0.15) is 12.7 Å². The third-order valence-electron chi connectivity index (χ3n) is 7.08. The summed E-state index contributed by atoms with van der Waals surface area (Å²) < 4.78 is 41.7. The molecule has 4 atom stereocenters. The molecule has 2 saturated heterocycles. The number of likely N-dealkylation sites (tertiary alicyclic amines) is 1. The van der Waals surface area contributed by atoms with Gasteiger partial charge in [-0.25, -0.2) is 0 Å². The molecule has 0 spiro atoms. The Labute approximate surface area is 201 Å². The molecule has 2 heterocycles. The molecule has 8 nitrogen and oxygen atoms in total. The van der Waals surface area contributed by atoms with Crippen molar-refractivity contribution in [1.82, 2.24) is 9.21 Å². The van der Waals surface area contributed by atoms with Crippen LogP contribution in [0.3, 0.4) is 0 Å². The van der Waals surface area contributed by atoms with Crippen molar-refractivity contribution in [3.05, 3.63) is 59.2 Å². The van der Waals surface area contributed by atoms with Crippen molar-refractivity contribution in [3.63, 3.8) is 0 Å². The van der Waals surface area contributed by atoms with E-state index in [1.807, 2.05) is 32.0 Å². The van der Waals surface area contributed by atoms with Crippen LogP contribution in [0.1, 0.15) is 34.3 Å². The van der Waals surface area contributed by atoms with Crippen LogP contribution in [0.2, 0.25) is 0 Å². The molecule has 0 radical (unpaired) electrons. The first-order chi connectivity index (χ1) is 16.2. The molecule has 2 aliphatic heterocycles. The smallest absolute Gasteiger partial charge is 0.301 e. The van der Waals surface area contributed by atoms with Crippen LogP contribution >= 0.6 is 0 Å². The van der Waals surface area contributed by atoms with Crippen molar-refractivity contribution in [1.29, 1.82) is 0 Å². The number of hydrogen-bond donors (Lipinski definition) is 1. The summed E-state index contributed by atoms with van der Waals surface area (Å²) in [4.78, 5) is 14.9. The fourth-order valence-electron chi connectivity index (χ4n) is 5.05. The maximum absolute atomic E-state index is 13.2. The van der Waals surface area contributed by atoms with E-state index >= 15 is 0 Å². The van der Waals surface area contributed by atoms with E-state index in [-0.39, 0.29) is 24.2 Å². The lowest BCUT2D eigenvalue weighted by atomic mass is 10.0. The second-order valence-electron chi connectivity index (χ2n) is 9.56. The highest BCUT2D eigenvalue weighted by Gasteiger charge is 2.51. The number of nitrogens with zero attached hydrogens (tertiary/aromatic N) is 2. The van der Waals surface area contributed by atoms with Gasteiger partial charge in [-0.15, -0.1) is 0 Å². The highest BCUT2D eigenvalue weighted by atomic mass is 32.2. The summed E-state index contributed by atoms with van der Waals surface area (Å²) in [6, 6.07) is 12.9. The number of fused-ring (bicyclic) bond motifs is 1. The Morgan fingerprint density at radius 1 is 1.09 bits per heavy atom. The largest absolute Gasteiger partial charge is 0.486 e. The fourth-order valence-corrected chi connectivity index (χ4v) is 6.56. The minimum Gasteiger partial charge on any atom is -0.486 e. The topological polar surface area (TPSA) is 88.2 Å². The molecule has 5 rings (SSSR count). The van der Waals surface area contributed by atoms with Gasteiger partial charge in [0.05, 0.1) is 18.8 Å². The standard InChI is InChI=1S/C25H31N3O5S/c1-16-7-8-17(2)21(11-16)25(29)27-14-23(32-3)24(15-27)33-20-6-4-5-19(13-20)26-34(30,31)28-10-9-18-12-22(18)28/h4-8,11,13,18,22-24,26H,9-10,12,14-15H2,1-3H3/t18-,22-,23?,24?/m0/s1. The maximum Gasteiger partial charge on any atom is 0.301 e. The number of amides is 1. The van der Waals surface area contributed by atoms with Crippen LogP contribution in [0.25, 0.3) is 0 Å². The van der Waals surface area contributed by atoms with Crippen molar-refractivity contribution < 1.29 is 22.7 Å². The lowest BCUT2D eigenvalue weighted by Gasteiger charge is -2.21. The number of piperidine rings is 1. The molecule has 1 amide bonds. The molecule has 1 aliphatic carbocycles. The number of nitrogens with one attached hydrogen (secondary N) is 1. The van der Waals surface area contributed by atoms with Gasteiger partial charge in [0, 0.05) is 31.3 Å². The van der Waals surface area contributed by atoms with E-state index in [1.165, 1.54) is 0 Å². The van der Waals surface area contributed by atoms with E-state index in [0.717, 1.165) is 24.0 Å². The predicted molar refractivity (Wildman–Crippen MR) is 129 cm³/mol. The average Bonchev–Trinajstić information content (AvgIpc) is 3.24. The van der Waals surface area contributed by atoms with Gasteiger partial charge in [0.25, 0.3) is 5.91 Å². The van der Waals surface area contributed by atoms with Crippen molar-refractivity contribution in [2.45, 2.75) is 44.9 Å². The molecule has 9 heteroatoms. The van der Waals surface area contributed by atoms with Crippen LogP contribution in [0.5, 0.6) is 5.75 Å². The Bertz CT molecular complexity index is 1200. The van der Waals surface area contributed by atoms with Gasteiger partial charge in [0.1, 0.15) is 18.0 Å². The number of rotatable bonds is 7. The summed E-state index contributed by atoms with van der Waals surface area (Å²) in [7, 11) is -1.98. The minimum atomic E-state index is -3.59. The van der Waals surface area contributed by atoms with Gasteiger partial charge >= 0.3 is 10.2 Å². The first-order valence-electron chi connectivity index (χ1n) is 11.7. The first kappa shape index (κ1) is 23.1. The normalized spacial score (nSPS) is 26.4. The third kappa shape index (κ3) is 4.52. The predicted octanol–water partition coefficient (Wildman–Crippen LogP) is 2.97. The third-order valence-corrected chi connectivity index (χ3v) is 8.65. The number of anilines is 1. The molecular formula is C25H31N3O5S. The minimum absolute atomic E-state index is 0.0418. The first-order valence-corrected chi connectivity index (χ1v) is 13.1. The van der Waals surface area contributed by atoms with Gasteiger partial charge in [-0.05, 0) is 56.4 Å². The number of carbonyl (C=O) groups excluding carboxylic acids is 1. The average molecular weight is 486 g/mol. The number of carbonyl (C=O) groups is 1. The fraction of sp³-hybridized carbons (Fsp3) is 0.480. The summed E-state index contributed by atoms with van der Waals surface area (Å²) in [5.74, 6) is 1.01. The number of ether oxygens (including phenoxy) is 2. The van der Waals surface area contributed by atoms with Gasteiger partial charge in [-0.1, -0.05) is 23.8 Å². The Morgan fingerprint density at radius 3 is 2.59 bits per heavy atom. The van der Waals surface area contributed by atoms with E-state index in [1.54, 1.807) is 40.6 Å². The molecule has 1 saturated carbocycles. The molecule has 1 N–H and O–H groups in total. The molecule has 0 bridgehead atoms. The SMILES string of the molecule is COC1CN(C(=O)c2cc(C)ccc2C)CC1Oc1cccc(NS(=O)(=O)N2CC[C@H]3C[C@@H]32)c1. The Balaban J connectivity index is 1.27. The van der Waals surface area contributed by atoms with Crippen LogP contribution in [0.4, 0.5) is 5.69 Å². The number of hydrogen-bond acceptors (Lipinski definition) is 5. The molecule has 34 heavy (non-hydrogen) atoms. The van der Waals surface area contributed by atoms with E-state index < -0.39 is 10.2 Å². The van der Waals surface area contributed by atoms with Gasteiger partial charge in [0.15, 0.2) is 0 Å². The summed E-state index contributed by atoms with van der Waals surface area (Å²) in [5.41, 5.74) is 3.11. The summed E-state index contributed by atoms with van der Waals surface area (Å²) >= 11 is 0. The van der Waals surface area contributed by atoms with Crippen LogP contribution in [0.15, 0.2) is 42.5 Å². The lowest BCUT2D eigenvalue weighted by Crippen LogP contribution is -2.35. The zero-order valence-corrected chi connectivity index (χ0v) is 20.5. The monoisotopic (exact) mass is 485 g/mol. The van der Waals surface area contributed by atoms with Gasteiger partial charge < -0.3 is 14.4 Å². The van der Waals surface area contributed by atoms with E-state index in [0.29, 0.717) is 42.6 Å². The van der Waals surface area contributed by atoms with Crippen molar-refractivity contribution in [3.8, 4) is 5.75 Å². The quantitative estimate of drug-likeness (QED) is 0.652. The van der Waals surface area contributed by atoms with Crippen molar-refractivity contribution >= 4 is 21.8 Å². The van der Waals surface area contributed by atoms with Crippen molar-refractivity contribution in [2.24, 2.45) is 5.92 Å².